The second-order valence-corrected chi connectivity index (χ2v) is 5.32. The molecule has 0 atom stereocenters. The number of carbonyl (C=O) groups excluding carboxylic acids is 2. The minimum Gasteiger partial charge on any atom is -0.480 e. The number of hydrogen-bond donors (Lipinski definition) is 2. The first kappa shape index (κ1) is 15.1. The highest BCUT2D eigenvalue weighted by Crippen LogP contribution is 2.30. The van der Waals surface area contributed by atoms with E-state index in [4.69, 9.17) is 22.1 Å². The molecule has 8 heteroatoms. The van der Waals surface area contributed by atoms with Crippen LogP contribution in [-0.2, 0) is 9.59 Å². The predicted octanol–water partition coefficient (Wildman–Crippen LogP) is 1.68. The second kappa shape index (κ2) is 6.13. The number of anilines is 3. The number of halogens is 1. The Kier molecular flexibility index (Phi) is 4.03. The van der Waals surface area contributed by atoms with Crippen molar-refractivity contribution in [3.8, 4) is 5.75 Å². The molecule has 0 radical (unpaired) electrons. The molecule has 0 fully saturated rings. The summed E-state index contributed by atoms with van der Waals surface area (Å²) >= 11 is 5.87. The topological polar surface area (TPSA) is 97.5 Å². The summed E-state index contributed by atoms with van der Waals surface area (Å²) < 4.78 is 5.28. The van der Waals surface area contributed by atoms with E-state index in [0.717, 1.165) is 0 Å². The van der Waals surface area contributed by atoms with E-state index in [9.17, 15) is 9.59 Å². The number of nitrogens with two attached hydrogens (primary N) is 1. The maximum Gasteiger partial charge on any atom is 0.266 e. The summed E-state index contributed by atoms with van der Waals surface area (Å²) in [6, 6.07) is 9.92. The van der Waals surface area contributed by atoms with Crippen molar-refractivity contribution in [2.45, 2.75) is 0 Å². The molecule has 0 unspecified atom stereocenters. The third kappa shape index (κ3) is 3.35. The number of amides is 2. The largest absolute Gasteiger partial charge is 0.480 e. The summed E-state index contributed by atoms with van der Waals surface area (Å²) in [5.41, 5.74) is 6.19. The molecule has 1 aromatic heterocycles. The predicted molar refractivity (Wildman–Crippen MR) is 86.6 cm³/mol. The number of aromatic nitrogens is 1. The molecular weight excluding hydrogens is 320 g/mol. The smallest absolute Gasteiger partial charge is 0.266 e. The molecule has 0 saturated carbocycles. The third-order valence-corrected chi connectivity index (χ3v) is 3.41. The van der Waals surface area contributed by atoms with E-state index in [0.29, 0.717) is 16.5 Å². The summed E-state index contributed by atoms with van der Waals surface area (Å²) in [7, 11) is 0. The molecule has 2 amide bonds. The molecule has 7 nitrogen and oxygen atoms in total. The lowest BCUT2D eigenvalue weighted by atomic mass is 10.3. The number of ether oxygens (including phenoxy) is 1. The van der Waals surface area contributed by atoms with E-state index in [-0.39, 0.29) is 36.6 Å². The molecule has 1 aliphatic rings. The SMILES string of the molecule is Nc1ccc2c(n1)N(CC(=O)Nc1cccc(Cl)c1)C(=O)CO2. The molecule has 1 aliphatic heterocycles. The van der Waals surface area contributed by atoms with E-state index < -0.39 is 0 Å². The highest BCUT2D eigenvalue weighted by Gasteiger charge is 2.28. The number of pyridine rings is 1. The molecular formula is C15H13ClN4O3. The van der Waals surface area contributed by atoms with Gasteiger partial charge in [-0.3, -0.25) is 14.5 Å². The maximum absolute atomic E-state index is 12.2. The van der Waals surface area contributed by atoms with Gasteiger partial charge in [-0.15, -0.1) is 0 Å². The van der Waals surface area contributed by atoms with Crippen LogP contribution in [0.15, 0.2) is 36.4 Å². The lowest BCUT2D eigenvalue weighted by Crippen LogP contribution is -2.44. The van der Waals surface area contributed by atoms with Crippen LogP contribution in [0.1, 0.15) is 0 Å². The molecule has 23 heavy (non-hydrogen) atoms. The number of benzene rings is 1. The zero-order chi connectivity index (χ0) is 16.4. The fourth-order valence-corrected chi connectivity index (χ4v) is 2.36. The Bertz CT molecular complexity index is 781. The number of nitrogens with one attached hydrogen (secondary N) is 1. The van der Waals surface area contributed by atoms with E-state index >= 15 is 0 Å². The van der Waals surface area contributed by atoms with Crippen molar-refractivity contribution in [3.05, 3.63) is 41.4 Å². The Balaban J connectivity index is 1.78. The first-order valence-corrected chi connectivity index (χ1v) is 7.16. The van der Waals surface area contributed by atoms with Gasteiger partial charge in [0.1, 0.15) is 12.4 Å². The Morgan fingerprint density at radius 2 is 2.22 bits per heavy atom. The van der Waals surface area contributed by atoms with Gasteiger partial charge in [0, 0.05) is 10.7 Å². The van der Waals surface area contributed by atoms with Gasteiger partial charge < -0.3 is 15.8 Å². The van der Waals surface area contributed by atoms with Crippen molar-refractivity contribution in [1.29, 1.82) is 0 Å². The maximum atomic E-state index is 12.2. The summed E-state index contributed by atoms with van der Waals surface area (Å²) in [5, 5.41) is 3.18. The van der Waals surface area contributed by atoms with E-state index in [2.05, 4.69) is 10.3 Å². The monoisotopic (exact) mass is 332 g/mol. The number of nitrogen functional groups attached to an aromatic ring is 1. The Morgan fingerprint density at radius 3 is 3.00 bits per heavy atom. The zero-order valence-electron chi connectivity index (χ0n) is 12.0. The highest BCUT2D eigenvalue weighted by molar-refractivity contribution is 6.30. The summed E-state index contributed by atoms with van der Waals surface area (Å²) in [4.78, 5) is 29.5. The van der Waals surface area contributed by atoms with E-state index in [1.54, 1.807) is 36.4 Å². The lowest BCUT2D eigenvalue weighted by Gasteiger charge is -2.27. The molecule has 2 aromatic rings. The van der Waals surface area contributed by atoms with Crippen LogP contribution < -0.4 is 20.7 Å². The normalized spacial score (nSPS) is 13.3. The second-order valence-electron chi connectivity index (χ2n) is 4.88. The fraction of sp³-hybridized carbons (Fsp3) is 0.133. The number of nitrogens with zero attached hydrogens (tertiary/aromatic N) is 2. The van der Waals surface area contributed by atoms with Crippen molar-refractivity contribution in [2.75, 3.05) is 29.1 Å². The summed E-state index contributed by atoms with van der Waals surface area (Å²) in [5.74, 6) is 0.147. The van der Waals surface area contributed by atoms with Gasteiger partial charge in [0.15, 0.2) is 18.2 Å². The molecule has 0 saturated heterocycles. The molecule has 0 spiro atoms. The van der Waals surface area contributed by atoms with Crippen LogP contribution in [0.2, 0.25) is 5.02 Å². The fourth-order valence-electron chi connectivity index (χ4n) is 2.17. The average molecular weight is 333 g/mol. The van der Waals surface area contributed by atoms with Gasteiger partial charge in [-0.2, -0.15) is 0 Å². The molecule has 118 valence electrons. The van der Waals surface area contributed by atoms with Crippen LogP contribution in [-0.4, -0.2) is 29.9 Å². The average Bonchev–Trinajstić information content (AvgIpc) is 2.50. The van der Waals surface area contributed by atoms with Crippen molar-refractivity contribution < 1.29 is 14.3 Å². The van der Waals surface area contributed by atoms with Crippen LogP contribution in [0.25, 0.3) is 0 Å². The molecule has 1 aromatic carbocycles. The molecule has 0 bridgehead atoms. The van der Waals surface area contributed by atoms with Crippen LogP contribution in [0, 0.1) is 0 Å². The minimum absolute atomic E-state index is 0.150. The first-order chi connectivity index (χ1) is 11.0. The van der Waals surface area contributed by atoms with Gasteiger partial charge in [-0.25, -0.2) is 4.98 Å². The van der Waals surface area contributed by atoms with Crippen molar-refractivity contribution in [1.82, 2.24) is 4.98 Å². The Labute approximate surface area is 137 Å². The van der Waals surface area contributed by atoms with Crippen molar-refractivity contribution >= 4 is 40.7 Å². The Hall–Kier alpha value is -2.80. The van der Waals surface area contributed by atoms with Gasteiger partial charge in [-0.1, -0.05) is 17.7 Å². The summed E-state index contributed by atoms with van der Waals surface area (Å²) in [6.45, 7) is -0.346. The van der Waals surface area contributed by atoms with Gasteiger partial charge in [0.25, 0.3) is 5.91 Å². The van der Waals surface area contributed by atoms with Crippen LogP contribution in [0.4, 0.5) is 17.3 Å². The van der Waals surface area contributed by atoms with Gasteiger partial charge in [-0.05, 0) is 30.3 Å². The van der Waals surface area contributed by atoms with Crippen LogP contribution in [0.3, 0.4) is 0 Å². The molecule has 0 aliphatic carbocycles. The van der Waals surface area contributed by atoms with Gasteiger partial charge in [0.2, 0.25) is 5.91 Å². The molecule has 3 N–H and O–H groups in total. The molecule has 3 rings (SSSR count). The third-order valence-electron chi connectivity index (χ3n) is 3.18. The number of fused-ring (bicyclic) bond motifs is 1. The van der Waals surface area contributed by atoms with Crippen molar-refractivity contribution in [2.24, 2.45) is 0 Å². The number of rotatable bonds is 3. The lowest BCUT2D eigenvalue weighted by molar-refractivity contribution is -0.123. The standard InChI is InChI=1S/C15H13ClN4O3/c16-9-2-1-3-10(6-9)18-13(21)7-20-14(22)8-23-11-4-5-12(17)19-15(11)20/h1-6H,7-8H2,(H2,17,19)(H,18,21). The Morgan fingerprint density at radius 1 is 1.39 bits per heavy atom. The number of carbonyl (C=O) groups is 2. The van der Waals surface area contributed by atoms with Gasteiger partial charge >= 0.3 is 0 Å². The highest BCUT2D eigenvalue weighted by atomic mass is 35.5. The minimum atomic E-state index is -0.377. The van der Waals surface area contributed by atoms with Crippen LogP contribution in [0.5, 0.6) is 5.75 Å². The summed E-state index contributed by atoms with van der Waals surface area (Å²) in [6.07, 6.45) is 0. The zero-order valence-corrected chi connectivity index (χ0v) is 12.7. The quantitative estimate of drug-likeness (QED) is 0.891. The van der Waals surface area contributed by atoms with Crippen molar-refractivity contribution in [3.63, 3.8) is 0 Å². The van der Waals surface area contributed by atoms with Gasteiger partial charge in [0.05, 0.1) is 0 Å². The van der Waals surface area contributed by atoms with Crippen LogP contribution >= 0.6 is 11.6 Å². The molecule has 2 heterocycles. The first-order valence-electron chi connectivity index (χ1n) is 6.78. The van der Waals surface area contributed by atoms with E-state index in [1.807, 2.05) is 0 Å². The number of hydrogen-bond acceptors (Lipinski definition) is 5. The van der Waals surface area contributed by atoms with E-state index in [1.165, 1.54) is 4.90 Å².